The van der Waals surface area contributed by atoms with Crippen LogP contribution in [0.1, 0.15) is 13.8 Å². The van der Waals surface area contributed by atoms with Crippen molar-refractivity contribution in [2.24, 2.45) is 5.10 Å². The van der Waals surface area contributed by atoms with Gasteiger partial charge in [0.25, 0.3) is 0 Å². The Morgan fingerprint density at radius 3 is 2.40 bits per heavy atom. The van der Waals surface area contributed by atoms with Crippen molar-refractivity contribution in [3.05, 3.63) is 39.3 Å². The Bertz CT molecular complexity index is 809. The van der Waals surface area contributed by atoms with Crippen molar-refractivity contribution in [3.63, 3.8) is 0 Å². The fourth-order valence-corrected chi connectivity index (χ4v) is 5.72. The molecule has 1 atom stereocenters. The van der Waals surface area contributed by atoms with Gasteiger partial charge in [-0.05, 0) is 49.9 Å². The van der Waals surface area contributed by atoms with Gasteiger partial charge in [0.1, 0.15) is 0 Å². The van der Waals surface area contributed by atoms with Crippen molar-refractivity contribution in [3.8, 4) is 0 Å². The van der Waals surface area contributed by atoms with Gasteiger partial charge in [-0.1, -0.05) is 27.7 Å². The van der Waals surface area contributed by atoms with Crippen molar-refractivity contribution >= 4 is 61.9 Å². The van der Waals surface area contributed by atoms with Gasteiger partial charge in [0, 0.05) is 17.2 Å². The highest BCUT2D eigenvalue weighted by atomic mass is 79.9. The summed E-state index contributed by atoms with van der Waals surface area (Å²) in [5, 5.41) is 6.51. The lowest BCUT2D eigenvalue weighted by molar-refractivity contribution is -0.132. The lowest BCUT2D eigenvalue weighted by Gasteiger charge is -2.39. The van der Waals surface area contributed by atoms with Crippen molar-refractivity contribution in [2.45, 2.75) is 18.2 Å². The minimum absolute atomic E-state index is 0.00546. The monoisotopic (exact) mass is 441 g/mol. The van der Waals surface area contributed by atoms with Gasteiger partial charge in [0.05, 0.1) is 17.7 Å². The third-order valence-electron chi connectivity index (χ3n) is 3.93. The summed E-state index contributed by atoms with van der Waals surface area (Å²) in [7, 11) is 3.23. The first-order chi connectivity index (χ1) is 11.8. The first-order valence-electron chi connectivity index (χ1n) is 7.36. The fourth-order valence-electron chi connectivity index (χ4n) is 2.56. The third-order valence-corrected chi connectivity index (χ3v) is 7.61. The van der Waals surface area contributed by atoms with Crippen LogP contribution in [0.15, 0.2) is 44.4 Å². The Morgan fingerprint density at radius 1 is 1.24 bits per heavy atom. The number of benzene rings is 1. The van der Waals surface area contributed by atoms with Gasteiger partial charge in [-0.3, -0.25) is 4.79 Å². The van der Waals surface area contributed by atoms with Gasteiger partial charge < -0.3 is 9.64 Å². The average molecular weight is 442 g/mol. The minimum Gasteiger partial charge on any atom is -0.464 e. The molecule has 9 heteroatoms. The molecule has 2 aliphatic heterocycles. The largest absolute Gasteiger partial charge is 0.464 e. The summed E-state index contributed by atoms with van der Waals surface area (Å²) in [6.07, 6.45) is 0. The molecule has 1 spiro atoms. The van der Waals surface area contributed by atoms with Gasteiger partial charge in [-0.15, -0.1) is 0 Å². The summed E-state index contributed by atoms with van der Waals surface area (Å²) in [5.74, 6) is -0.499. The number of carbonyl (C=O) groups is 2. The molecule has 0 N–H and O–H groups in total. The molecule has 0 saturated carbocycles. The van der Waals surface area contributed by atoms with E-state index in [0.717, 1.165) is 15.9 Å². The Hall–Kier alpha value is -1.45. The number of thioether (sulfide) groups is 2. The van der Waals surface area contributed by atoms with E-state index in [0.29, 0.717) is 4.91 Å². The number of anilines is 1. The van der Waals surface area contributed by atoms with Crippen molar-refractivity contribution in [1.82, 2.24) is 4.90 Å². The number of rotatable bonds is 3. The van der Waals surface area contributed by atoms with E-state index in [1.165, 1.54) is 30.6 Å². The van der Waals surface area contributed by atoms with Crippen LogP contribution in [0.3, 0.4) is 0 Å². The highest BCUT2D eigenvalue weighted by Gasteiger charge is 2.55. The predicted octanol–water partition coefficient (Wildman–Crippen LogP) is 3.60. The van der Waals surface area contributed by atoms with Crippen LogP contribution in [-0.2, 0) is 14.3 Å². The average Bonchev–Trinajstić information content (AvgIpc) is 3.09. The van der Waals surface area contributed by atoms with Crippen LogP contribution in [0.2, 0.25) is 0 Å². The molecular formula is C16H16BrN3O3S2. The Morgan fingerprint density at radius 2 is 1.88 bits per heavy atom. The second-order valence-electron chi connectivity index (χ2n) is 5.47. The smallest absolute Gasteiger partial charge is 0.365 e. The standard InChI is InChI=1S/C16H16BrN3O3S2/c1-9-13(10(2)21)24-16(19(9)3)20(12-7-5-11(17)6-8-12)18-14(25-16)15(22)23-4/h5-8H,1-4H3/t16-/m1/s1. The summed E-state index contributed by atoms with van der Waals surface area (Å²) >= 11 is 6.10. The zero-order valence-corrected chi connectivity index (χ0v) is 17.3. The van der Waals surface area contributed by atoms with Gasteiger partial charge >= 0.3 is 5.97 Å². The second kappa shape index (κ2) is 6.69. The van der Waals surface area contributed by atoms with Gasteiger partial charge in [-0.2, -0.15) is 5.10 Å². The van der Waals surface area contributed by atoms with E-state index in [-0.39, 0.29) is 10.8 Å². The molecule has 0 radical (unpaired) electrons. The molecule has 0 bridgehead atoms. The molecule has 6 nitrogen and oxygen atoms in total. The zero-order valence-electron chi connectivity index (χ0n) is 14.1. The van der Waals surface area contributed by atoms with Crippen LogP contribution in [0.5, 0.6) is 0 Å². The highest BCUT2D eigenvalue weighted by Crippen LogP contribution is 2.58. The number of hydrogen-bond donors (Lipinski definition) is 0. The number of halogens is 1. The molecule has 0 saturated heterocycles. The Kier molecular flexibility index (Phi) is 4.91. The van der Waals surface area contributed by atoms with E-state index in [4.69, 9.17) is 4.74 Å². The van der Waals surface area contributed by atoms with Gasteiger partial charge in [0.15, 0.2) is 5.78 Å². The summed E-state index contributed by atoms with van der Waals surface area (Å²) in [5.41, 5.74) is 1.67. The van der Waals surface area contributed by atoms with E-state index < -0.39 is 10.3 Å². The first-order valence-corrected chi connectivity index (χ1v) is 9.79. The molecule has 0 unspecified atom stereocenters. The molecule has 0 aromatic heterocycles. The number of ketones is 1. The molecule has 2 heterocycles. The third kappa shape index (κ3) is 2.98. The number of ether oxygens (including phenoxy) is 1. The summed E-state index contributed by atoms with van der Waals surface area (Å²) < 4.78 is 5.01. The molecule has 25 heavy (non-hydrogen) atoms. The Labute approximate surface area is 162 Å². The molecule has 2 aliphatic rings. The molecule has 132 valence electrons. The van der Waals surface area contributed by atoms with Crippen LogP contribution in [0.4, 0.5) is 5.69 Å². The molecular weight excluding hydrogens is 426 g/mol. The maximum Gasteiger partial charge on any atom is 0.365 e. The molecule has 1 aromatic carbocycles. The number of hydrogen-bond acceptors (Lipinski definition) is 8. The number of allylic oxidation sites excluding steroid dienone is 2. The molecule has 1 aromatic rings. The molecule has 0 amide bonds. The topological polar surface area (TPSA) is 62.2 Å². The van der Waals surface area contributed by atoms with Crippen molar-refractivity contribution in [1.29, 1.82) is 0 Å². The van der Waals surface area contributed by atoms with Crippen LogP contribution >= 0.6 is 39.5 Å². The van der Waals surface area contributed by atoms with Crippen LogP contribution in [0, 0.1) is 0 Å². The van der Waals surface area contributed by atoms with E-state index >= 15 is 0 Å². The van der Waals surface area contributed by atoms with E-state index in [9.17, 15) is 9.59 Å². The lowest BCUT2D eigenvalue weighted by Crippen LogP contribution is -2.47. The number of methoxy groups -OCH3 is 1. The first kappa shape index (κ1) is 18.3. The number of nitrogens with zero attached hydrogens (tertiary/aromatic N) is 3. The van der Waals surface area contributed by atoms with Crippen LogP contribution in [-0.4, -0.2) is 40.2 Å². The second-order valence-corrected chi connectivity index (χ2v) is 8.98. The van der Waals surface area contributed by atoms with E-state index in [1.807, 2.05) is 43.1 Å². The SMILES string of the molecule is COC(=O)C1=NN(c2ccc(Br)cc2)[C@@]2(S1)SC(C(C)=O)=C(C)N2C. The van der Waals surface area contributed by atoms with Gasteiger partial charge in [-0.25, -0.2) is 9.80 Å². The van der Waals surface area contributed by atoms with Crippen molar-refractivity contribution in [2.75, 3.05) is 19.2 Å². The minimum atomic E-state index is -0.775. The number of hydrazone groups is 1. The maximum atomic E-state index is 12.1. The number of carbonyl (C=O) groups excluding carboxylic acids is 2. The lowest BCUT2D eigenvalue weighted by atomic mass is 10.3. The number of Topliss-reactive ketones (excluding diaryl/α,β-unsaturated/α-hetero) is 1. The zero-order chi connectivity index (χ0) is 18.4. The Balaban J connectivity index is 2.08. The quantitative estimate of drug-likeness (QED) is 0.663. The fraction of sp³-hybridized carbons (Fsp3) is 0.312. The summed E-state index contributed by atoms with van der Waals surface area (Å²) in [6, 6.07) is 7.63. The summed E-state index contributed by atoms with van der Waals surface area (Å²) in [4.78, 5) is 26.7. The highest BCUT2D eigenvalue weighted by molar-refractivity contribution is 9.10. The van der Waals surface area contributed by atoms with E-state index in [2.05, 4.69) is 21.0 Å². The predicted molar refractivity (Wildman–Crippen MR) is 105 cm³/mol. The van der Waals surface area contributed by atoms with Crippen LogP contribution in [0.25, 0.3) is 0 Å². The molecule has 3 rings (SSSR count). The van der Waals surface area contributed by atoms with Crippen LogP contribution < -0.4 is 5.01 Å². The molecule has 0 aliphatic carbocycles. The van der Waals surface area contributed by atoms with Gasteiger partial charge in [0.2, 0.25) is 9.37 Å². The number of esters is 1. The summed E-state index contributed by atoms with van der Waals surface area (Å²) in [6.45, 7) is 3.44. The van der Waals surface area contributed by atoms with E-state index in [1.54, 1.807) is 11.9 Å². The molecule has 0 fully saturated rings. The van der Waals surface area contributed by atoms with Crippen molar-refractivity contribution < 1.29 is 14.3 Å². The maximum absolute atomic E-state index is 12.1. The normalized spacial score (nSPS) is 22.7.